The Morgan fingerprint density at radius 3 is 3.00 bits per heavy atom. The van der Waals surface area contributed by atoms with Crippen LogP contribution in [0.25, 0.3) is 0 Å². The lowest BCUT2D eigenvalue weighted by Crippen LogP contribution is -2.50. The van der Waals surface area contributed by atoms with E-state index in [1.807, 2.05) is 0 Å². The summed E-state index contributed by atoms with van der Waals surface area (Å²) in [4.78, 5) is 2.78. The molecule has 3 heteroatoms. The molecule has 2 saturated heterocycles. The molecule has 0 spiro atoms. The summed E-state index contributed by atoms with van der Waals surface area (Å²) in [5.74, 6) is 2.76. The molecule has 2 nitrogen and oxygen atoms in total. The molecule has 14 heavy (non-hydrogen) atoms. The normalized spacial score (nSPS) is 34.9. The van der Waals surface area contributed by atoms with Gasteiger partial charge in [0.25, 0.3) is 0 Å². The standard InChI is InChI=1S/C11H22N2S/c1-12-8-10-4-2-3-6-13(10)11-5-7-14-9-11/h10-12H,2-9H2,1H3. The van der Waals surface area contributed by atoms with E-state index in [9.17, 15) is 0 Å². The van der Waals surface area contributed by atoms with E-state index in [0.29, 0.717) is 0 Å². The van der Waals surface area contributed by atoms with E-state index in [2.05, 4.69) is 29.0 Å². The van der Waals surface area contributed by atoms with E-state index in [4.69, 9.17) is 0 Å². The van der Waals surface area contributed by atoms with Gasteiger partial charge in [-0.05, 0) is 38.6 Å². The minimum atomic E-state index is 0.817. The third-order valence-electron chi connectivity index (χ3n) is 3.49. The highest BCUT2D eigenvalue weighted by Crippen LogP contribution is 2.27. The molecule has 82 valence electrons. The number of likely N-dealkylation sites (tertiary alicyclic amines) is 1. The number of nitrogens with one attached hydrogen (secondary N) is 1. The van der Waals surface area contributed by atoms with Crippen molar-refractivity contribution in [1.82, 2.24) is 10.2 Å². The Morgan fingerprint density at radius 1 is 1.36 bits per heavy atom. The van der Waals surface area contributed by atoms with E-state index in [1.54, 1.807) is 0 Å². The molecule has 0 aromatic rings. The number of thioether (sulfide) groups is 1. The van der Waals surface area contributed by atoms with Gasteiger partial charge in [-0.2, -0.15) is 11.8 Å². The number of piperidine rings is 1. The van der Waals surface area contributed by atoms with Gasteiger partial charge in [-0.3, -0.25) is 4.90 Å². The molecule has 2 aliphatic rings. The van der Waals surface area contributed by atoms with Gasteiger partial charge in [0, 0.05) is 24.4 Å². The molecule has 0 saturated carbocycles. The number of rotatable bonds is 3. The van der Waals surface area contributed by atoms with Crippen molar-refractivity contribution in [3.05, 3.63) is 0 Å². The quantitative estimate of drug-likeness (QED) is 0.768. The fourth-order valence-corrected chi connectivity index (χ4v) is 3.98. The van der Waals surface area contributed by atoms with Crippen molar-refractivity contribution in [3.8, 4) is 0 Å². The molecular formula is C11H22N2S. The minimum Gasteiger partial charge on any atom is -0.318 e. The SMILES string of the molecule is CNCC1CCCCN1C1CCSC1. The summed E-state index contributed by atoms with van der Waals surface area (Å²) in [6.07, 6.45) is 5.68. The van der Waals surface area contributed by atoms with Crippen LogP contribution in [0.15, 0.2) is 0 Å². The molecule has 0 aromatic heterocycles. The van der Waals surface area contributed by atoms with Gasteiger partial charge in [0.2, 0.25) is 0 Å². The van der Waals surface area contributed by atoms with E-state index in [1.165, 1.54) is 50.3 Å². The third kappa shape index (κ3) is 2.44. The summed E-state index contributed by atoms with van der Waals surface area (Å²) in [5, 5.41) is 3.34. The highest BCUT2D eigenvalue weighted by atomic mass is 32.2. The van der Waals surface area contributed by atoms with Crippen molar-refractivity contribution < 1.29 is 0 Å². The van der Waals surface area contributed by atoms with Crippen molar-refractivity contribution in [3.63, 3.8) is 0 Å². The van der Waals surface area contributed by atoms with Crippen LogP contribution in [0.2, 0.25) is 0 Å². The van der Waals surface area contributed by atoms with Crippen LogP contribution in [0.4, 0.5) is 0 Å². The molecule has 2 heterocycles. The van der Waals surface area contributed by atoms with Crippen LogP contribution < -0.4 is 5.32 Å². The Hall–Kier alpha value is 0.270. The fourth-order valence-electron chi connectivity index (χ4n) is 2.74. The maximum Gasteiger partial charge on any atom is 0.0223 e. The summed E-state index contributed by atoms with van der Waals surface area (Å²) in [6.45, 7) is 2.53. The minimum absolute atomic E-state index is 0.817. The fraction of sp³-hybridized carbons (Fsp3) is 1.00. The van der Waals surface area contributed by atoms with Crippen LogP contribution in [-0.4, -0.2) is 48.6 Å². The second-order valence-corrected chi connectivity index (χ2v) is 5.61. The van der Waals surface area contributed by atoms with Crippen LogP contribution in [-0.2, 0) is 0 Å². The maximum atomic E-state index is 3.34. The Balaban J connectivity index is 1.91. The molecule has 2 fully saturated rings. The topological polar surface area (TPSA) is 15.3 Å². The maximum absolute atomic E-state index is 3.34. The zero-order valence-corrected chi connectivity index (χ0v) is 9.98. The van der Waals surface area contributed by atoms with E-state index < -0.39 is 0 Å². The lowest BCUT2D eigenvalue weighted by atomic mass is 9.99. The molecule has 2 atom stereocenters. The van der Waals surface area contributed by atoms with Gasteiger partial charge in [0.15, 0.2) is 0 Å². The highest BCUT2D eigenvalue weighted by Gasteiger charge is 2.30. The van der Waals surface area contributed by atoms with Gasteiger partial charge in [-0.1, -0.05) is 6.42 Å². The molecule has 0 radical (unpaired) electrons. The Kier molecular flexibility index (Phi) is 4.14. The number of likely N-dealkylation sites (N-methyl/N-ethyl adjacent to an activating group) is 1. The smallest absolute Gasteiger partial charge is 0.0223 e. The predicted molar refractivity (Wildman–Crippen MR) is 64.0 cm³/mol. The lowest BCUT2D eigenvalue weighted by molar-refractivity contribution is 0.106. The van der Waals surface area contributed by atoms with Crippen molar-refractivity contribution in [2.24, 2.45) is 0 Å². The van der Waals surface area contributed by atoms with Crippen molar-refractivity contribution >= 4 is 11.8 Å². The Bertz CT molecular complexity index is 167. The van der Waals surface area contributed by atoms with Crippen LogP contribution in [0.1, 0.15) is 25.7 Å². The first-order valence-corrected chi connectivity index (χ1v) is 7.05. The summed E-state index contributed by atoms with van der Waals surface area (Å²) in [7, 11) is 2.08. The first kappa shape index (κ1) is 10.8. The largest absolute Gasteiger partial charge is 0.318 e. The zero-order chi connectivity index (χ0) is 9.80. The monoisotopic (exact) mass is 214 g/mol. The van der Waals surface area contributed by atoms with Crippen molar-refractivity contribution in [1.29, 1.82) is 0 Å². The number of hydrogen-bond acceptors (Lipinski definition) is 3. The van der Waals surface area contributed by atoms with Crippen LogP contribution in [0.3, 0.4) is 0 Å². The van der Waals surface area contributed by atoms with Gasteiger partial charge in [0.1, 0.15) is 0 Å². The average molecular weight is 214 g/mol. The van der Waals surface area contributed by atoms with Gasteiger partial charge < -0.3 is 5.32 Å². The van der Waals surface area contributed by atoms with Crippen molar-refractivity contribution in [2.45, 2.75) is 37.8 Å². The second-order valence-electron chi connectivity index (χ2n) is 4.46. The highest BCUT2D eigenvalue weighted by molar-refractivity contribution is 7.99. The van der Waals surface area contributed by atoms with E-state index >= 15 is 0 Å². The molecule has 1 N–H and O–H groups in total. The first-order chi connectivity index (χ1) is 6.92. The van der Waals surface area contributed by atoms with Gasteiger partial charge in [-0.15, -0.1) is 0 Å². The summed E-state index contributed by atoms with van der Waals surface area (Å²) >= 11 is 2.13. The van der Waals surface area contributed by atoms with Gasteiger partial charge in [0.05, 0.1) is 0 Å². The van der Waals surface area contributed by atoms with Crippen LogP contribution >= 0.6 is 11.8 Å². The van der Waals surface area contributed by atoms with Gasteiger partial charge in [-0.25, -0.2) is 0 Å². The average Bonchev–Trinajstić information content (AvgIpc) is 2.72. The Morgan fingerprint density at radius 2 is 2.29 bits per heavy atom. The summed E-state index contributed by atoms with van der Waals surface area (Å²) in [6, 6.07) is 1.70. The second kappa shape index (κ2) is 5.38. The summed E-state index contributed by atoms with van der Waals surface area (Å²) in [5.41, 5.74) is 0. The zero-order valence-electron chi connectivity index (χ0n) is 9.17. The number of nitrogens with zero attached hydrogens (tertiary/aromatic N) is 1. The van der Waals surface area contributed by atoms with Crippen molar-refractivity contribution in [2.75, 3.05) is 31.6 Å². The first-order valence-electron chi connectivity index (χ1n) is 5.90. The predicted octanol–water partition coefficient (Wildman–Crippen LogP) is 1.57. The number of hydrogen-bond donors (Lipinski definition) is 1. The molecule has 2 aliphatic heterocycles. The molecule has 0 aromatic carbocycles. The third-order valence-corrected chi connectivity index (χ3v) is 4.63. The van der Waals surface area contributed by atoms with E-state index in [0.717, 1.165) is 12.1 Å². The molecule has 0 bridgehead atoms. The molecule has 0 amide bonds. The van der Waals surface area contributed by atoms with Crippen LogP contribution in [0.5, 0.6) is 0 Å². The Labute approximate surface area is 91.8 Å². The van der Waals surface area contributed by atoms with Crippen LogP contribution in [0, 0.1) is 0 Å². The molecular weight excluding hydrogens is 192 g/mol. The van der Waals surface area contributed by atoms with E-state index in [-0.39, 0.29) is 0 Å². The molecule has 2 unspecified atom stereocenters. The van der Waals surface area contributed by atoms with Gasteiger partial charge >= 0.3 is 0 Å². The summed E-state index contributed by atoms with van der Waals surface area (Å²) < 4.78 is 0. The molecule has 2 rings (SSSR count). The molecule has 0 aliphatic carbocycles. The lowest BCUT2D eigenvalue weighted by Gasteiger charge is -2.39.